The molecule has 0 bridgehead atoms. The normalized spacial score (nSPS) is 10.6. The molecular formula is C22H29IN4O2. The molecule has 0 aliphatic carbocycles. The van der Waals surface area contributed by atoms with E-state index in [0.29, 0.717) is 18.7 Å². The Balaban J connectivity index is 0.00000420. The van der Waals surface area contributed by atoms with E-state index in [2.05, 4.69) is 21.7 Å². The molecule has 0 heterocycles. The first-order valence-electron chi connectivity index (χ1n) is 9.47. The predicted molar refractivity (Wildman–Crippen MR) is 127 cm³/mol. The zero-order valence-corrected chi connectivity index (χ0v) is 19.3. The Labute approximate surface area is 190 Å². The highest BCUT2D eigenvalue weighted by Crippen LogP contribution is 2.11. The van der Waals surface area contributed by atoms with Crippen molar-refractivity contribution in [3.63, 3.8) is 0 Å². The number of benzene rings is 2. The molecule has 0 saturated heterocycles. The zero-order valence-electron chi connectivity index (χ0n) is 17.0. The van der Waals surface area contributed by atoms with Crippen LogP contribution in [0.25, 0.3) is 0 Å². The molecule has 2 rings (SSSR count). The van der Waals surface area contributed by atoms with E-state index in [9.17, 15) is 0 Å². The highest BCUT2D eigenvalue weighted by molar-refractivity contribution is 14.0. The molecule has 29 heavy (non-hydrogen) atoms. The van der Waals surface area contributed by atoms with Gasteiger partial charge in [0.05, 0.1) is 25.3 Å². The maximum Gasteiger partial charge on any atom is 0.191 e. The smallest absolute Gasteiger partial charge is 0.191 e. The number of methoxy groups -OCH3 is 1. The minimum atomic E-state index is 0. The summed E-state index contributed by atoms with van der Waals surface area (Å²) in [5, 5.41) is 15.7. The van der Waals surface area contributed by atoms with Gasteiger partial charge >= 0.3 is 0 Å². The molecule has 0 spiro atoms. The van der Waals surface area contributed by atoms with Crippen molar-refractivity contribution in [2.45, 2.75) is 26.4 Å². The Morgan fingerprint density at radius 1 is 1.10 bits per heavy atom. The Morgan fingerprint density at radius 3 is 2.59 bits per heavy atom. The third-order valence-electron chi connectivity index (χ3n) is 4.06. The van der Waals surface area contributed by atoms with Crippen LogP contribution in [0, 0.1) is 11.3 Å². The molecule has 0 unspecified atom stereocenters. The maximum atomic E-state index is 9.04. The Bertz CT molecular complexity index is 788. The summed E-state index contributed by atoms with van der Waals surface area (Å²) in [7, 11) is 1.66. The highest BCUT2D eigenvalue weighted by Gasteiger charge is 2.01. The lowest BCUT2D eigenvalue weighted by Crippen LogP contribution is -2.37. The maximum absolute atomic E-state index is 9.04. The summed E-state index contributed by atoms with van der Waals surface area (Å²) in [6, 6.07) is 17.6. The fourth-order valence-electron chi connectivity index (χ4n) is 2.54. The van der Waals surface area contributed by atoms with Crippen LogP contribution in [-0.2, 0) is 17.8 Å². The van der Waals surface area contributed by atoms with Crippen molar-refractivity contribution in [1.82, 2.24) is 10.6 Å². The second-order valence-electron chi connectivity index (χ2n) is 6.16. The molecule has 0 atom stereocenters. The van der Waals surface area contributed by atoms with Crippen molar-refractivity contribution in [1.29, 1.82) is 5.26 Å². The van der Waals surface area contributed by atoms with Crippen molar-refractivity contribution in [2.24, 2.45) is 4.99 Å². The van der Waals surface area contributed by atoms with Gasteiger partial charge in [0.2, 0.25) is 0 Å². The van der Waals surface area contributed by atoms with E-state index in [4.69, 9.17) is 14.7 Å². The first-order valence-corrected chi connectivity index (χ1v) is 9.47. The first kappa shape index (κ1) is 24.7. The number of guanidine groups is 1. The second kappa shape index (κ2) is 14.7. The SMILES string of the molecule is CCOCCCNC(=NCc1cccc(C#N)c1)NCc1ccc(OC)cc1.I. The van der Waals surface area contributed by atoms with Crippen molar-refractivity contribution >= 4 is 29.9 Å². The van der Waals surface area contributed by atoms with E-state index < -0.39 is 0 Å². The van der Waals surface area contributed by atoms with Crippen LogP contribution in [0.2, 0.25) is 0 Å². The Morgan fingerprint density at radius 2 is 1.90 bits per heavy atom. The predicted octanol–water partition coefficient (Wildman–Crippen LogP) is 3.85. The van der Waals surface area contributed by atoms with Crippen LogP contribution in [0.15, 0.2) is 53.5 Å². The lowest BCUT2D eigenvalue weighted by atomic mass is 10.1. The van der Waals surface area contributed by atoms with Gasteiger partial charge in [0.15, 0.2) is 5.96 Å². The molecule has 2 aromatic rings. The lowest BCUT2D eigenvalue weighted by Gasteiger charge is -2.13. The largest absolute Gasteiger partial charge is 0.497 e. The molecule has 0 amide bonds. The number of ether oxygens (including phenoxy) is 2. The van der Waals surface area contributed by atoms with Gasteiger partial charge in [-0.2, -0.15) is 5.26 Å². The third-order valence-corrected chi connectivity index (χ3v) is 4.06. The van der Waals surface area contributed by atoms with E-state index in [0.717, 1.165) is 49.0 Å². The fourth-order valence-corrected chi connectivity index (χ4v) is 2.54. The van der Waals surface area contributed by atoms with Gasteiger partial charge in [-0.3, -0.25) is 0 Å². The van der Waals surface area contributed by atoms with Gasteiger partial charge in [-0.05, 0) is 48.7 Å². The van der Waals surface area contributed by atoms with Crippen molar-refractivity contribution < 1.29 is 9.47 Å². The molecule has 6 nitrogen and oxygen atoms in total. The van der Waals surface area contributed by atoms with Gasteiger partial charge in [-0.25, -0.2) is 4.99 Å². The average Bonchev–Trinajstić information content (AvgIpc) is 2.75. The van der Waals surface area contributed by atoms with Crippen LogP contribution in [0.3, 0.4) is 0 Å². The molecule has 0 aliphatic heterocycles. The van der Waals surface area contributed by atoms with Crippen LogP contribution < -0.4 is 15.4 Å². The third kappa shape index (κ3) is 9.63. The minimum Gasteiger partial charge on any atom is -0.497 e. The number of rotatable bonds is 10. The van der Waals surface area contributed by atoms with Crippen LogP contribution in [0.5, 0.6) is 5.75 Å². The van der Waals surface area contributed by atoms with Gasteiger partial charge in [0.25, 0.3) is 0 Å². The summed E-state index contributed by atoms with van der Waals surface area (Å²) in [5.74, 6) is 1.57. The average molecular weight is 508 g/mol. The summed E-state index contributed by atoms with van der Waals surface area (Å²) >= 11 is 0. The molecule has 2 aromatic carbocycles. The molecule has 2 N–H and O–H groups in total. The molecule has 0 radical (unpaired) electrons. The molecule has 0 saturated carbocycles. The Kier molecular flexibility index (Phi) is 12.5. The van der Waals surface area contributed by atoms with Crippen molar-refractivity contribution in [2.75, 3.05) is 26.9 Å². The van der Waals surface area contributed by atoms with Gasteiger partial charge in [0, 0.05) is 26.3 Å². The summed E-state index contributed by atoms with van der Waals surface area (Å²) in [6.07, 6.45) is 0.904. The number of halogens is 1. The molecule has 7 heteroatoms. The molecule has 156 valence electrons. The number of hydrogen-bond donors (Lipinski definition) is 2. The quantitative estimate of drug-likeness (QED) is 0.221. The van der Waals surface area contributed by atoms with E-state index in [1.807, 2.05) is 49.4 Å². The number of hydrogen-bond acceptors (Lipinski definition) is 4. The summed E-state index contributed by atoms with van der Waals surface area (Å²) < 4.78 is 10.6. The first-order chi connectivity index (χ1) is 13.7. The molecule has 0 aliphatic rings. The molecular weight excluding hydrogens is 479 g/mol. The standard InChI is InChI=1S/C22H28N4O2.HI/c1-3-28-13-5-12-24-22(25-16-18-8-10-21(27-2)11-9-18)26-17-20-7-4-6-19(14-20)15-23;/h4,6-11,14H,3,5,12-13,16-17H2,1-2H3,(H2,24,25,26);1H. The van der Waals surface area contributed by atoms with Crippen LogP contribution in [0.4, 0.5) is 0 Å². The summed E-state index contributed by atoms with van der Waals surface area (Å²) in [5.41, 5.74) is 2.78. The highest BCUT2D eigenvalue weighted by atomic mass is 127. The van der Waals surface area contributed by atoms with Crippen LogP contribution in [0.1, 0.15) is 30.0 Å². The van der Waals surface area contributed by atoms with Crippen molar-refractivity contribution in [3.05, 3.63) is 65.2 Å². The topological polar surface area (TPSA) is 78.7 Å². The summed E-state index contributed by atoms with van der Waals surface area (Å²) in [4.78, 5) is 4.66. The number of nitrogens with zero attached hydrogens (tertiary/aromatic N) is 2. The van der Waals surface area contributed by atoms with Gasteiger partial charge in [-0.1, -0.05) is 24.3 Å². The van der Waals surface area contributed by atoms with Gasteiger partial charge in [0.1, 0.15) is 5.75 Å². The van der Waals surface area contributed by atoms with E-state index >= 15 is 0 Å². The van der Waals surface area contributed by atoms with Crippen molar-refractivity contribution in [3.8, 4) is 11.8 Å². The summed E-state index contributed by atoms with van der Waals surface area (Å²) in [6.45, 7) is 5.36. The van der Waals surface area contributed by atoms with E-state index in [-0.39, 0.29) is 24.0 Å². The second-order valence-corrected chi connectivity index (χ2v) is 6.16. The van der Waals surface area contributed by atoms with Crippen LogP contribution >= 0.6 is 24.0 Å². The number of aliphatic imine (C=N–C) groups is 1. The minimum absolute atomic E-state index is 0. The van der Waals surface area contributed by atoms with Gasteiger partial charge in [-0.15, -0.1) is 24.0 Å². The lowest BCUT2D eigenvalue weighted by molar-refractivity contribution is 0.145. The van der Waals surface area contributed by atoms with Gasteiger partial charge < -0.3 is 20.1 Å². The molecule has 0 fully saturated rings. The van der Waals surface area contributed by atoms with Crippen LogP contribution in [-0.4, -0.2) is 32.8 Å². The monoisotopic (exact) mass is 508 g/mol. The van der Waals surface area contributed by atoms with E-state index in [1.165, 1.54) is 0 Å². The van der Waals surface area contributed by atoms with E-state index in [1.54, 1.807) is 13.2 Å². The number of nitrogens with one attached hydrogen (secondary N) is 2. The number of nitriles is 1. The molecule has 0 aromatic heterocycles. The zero-order chi connectivity index (χ0) is 20.0. The fraction of sp³-hybridized carbons (Fsp3) is 0.364. The Hall–Kier alpha value is -2.31.